The lowest BCUT2D eigenvalue weighted by Gasteiger charge is -2.14. The molecule has 2 rings (SSSR count). The summed E-state index contributed by atoms with van der Waals surface area (Å²) in [5, 5.41) is 3.61. The quantitative estimate of drug-likeness (QED) is 0.909. The fraction of sp³-hybridized carbons (Fsp3) is 0.200. The van der Waals surface area contributed by atoms with E-state index in [1.54, 1.807) is 30.5 Å². The molecule has 1 aromatic carbocycles. The lowest BCUT2D eigenvalue weighted by atomic mass is 10.1. The molecule has 1 heterocycles. The van der Waals surface area contributed by atoms with Gasteiger partial charge in [0.2, 0.25) is 0 Å². The third-order valence-electron chi connectivity index (χ3n) is 3.01. The first-order valence-electron chi connectivity index (χ1n) is 6.31. The Bertz CT molecular complexity index is 598. The van der Waals surface area contributed by atoms with Gasteiger partial charge >= 0.3 is 0 Å². The minimum absolute atomic E-state index is 0.103. The number of carbonyl (C=O) groups is 1. The van der Waals surface area contributed by atoms with Crippen LogP contribution in [0.2, 0.25) is 5.02 Å². The summed E-state index contributed by atoms with van der Waals surface area (Å²) in [6.07, 6.45) is 1.59. The van der Waals surface area contributed by atoms with Crippen LogP contribution in [-0.4, -0.2) is 10.9 Å². The van der Waals surface area contributed by atoms with Gasteiger partial charge in [-0.25, -0.2) is 0 Å². The third-order valence-corrected chi connectivity index (χ3v) is 3.26. The predicted octanol–water partition coefficient (Wildman–Crippen LogP) is 2.68. The van der Waals surface area contributed by atoms with Gasteiger partial charge in [-0.1, -0.05) is 23.7 Å². The predicted molar refractivity (Wildman–Crippen MR) is 79.5 cm³/mol. The van der Waals surface area contributed by atoms with E-state index in [0.717, 1.165) is 5.56 Å². The molecule has 1 atom stereocenters. The Hall–Kier alpha value is -1.91. The average molecular weight is 290 g/mol. The summed E-state index contributed by atoms with van der Waals surface area (Å²) >= 11 is 5.85. The van der Waals surface area contributed by atoms with Crippen molar-refractivity contribution in [2.75, 3.05) is 0 Å². The van der Waals surface area contributed by atoms with Crippen molar-refractivity contribution >= 4 is 17.5 Å². The molecule has 3 N–H and O–H groups in total. The van der Waals surface area contributed by atoms with Gasteiger partial charge in [-0.05, 0) is 36.8 Å². The monoisotopic (exact) mass is 289 g/mol. The number of halogens is 1. The van der Waals surface area contributed by atoms with Crippen molar-refractivity contribution in [3.63, 3.8) is 0 Å². The number of hydrogen-bond donors (Lipinski definition) is 2. The van der Waals surface area contributed by atoms with Crippen LogP contribution in [0, 0.1) is 0 Å². The lowest BCUT2D eigenvalue weighted by molar-refractivity contribution is 0.0939. The van der Waals surface area contributed by atoms with E-state index < -0.39 is 0 Å². The van der Waals surface area contributed by atoms with Crippen LogP contribution in [0.1, 0.15) is 34.6 Å². The normalized spacial score (nSPS) is 11.9. The number of carbonyl (C=O) groups excluding carboxylic acids is 1. The molecule has 0 fully saturated rings. The van der Waals surface area contributed by atoms with E-state index >= 15 is 0 Å². The molecule has 5 heteroatoms. The summed E-state index contributed by atoms with van der Waals surface area (Å²) in [5.41, 5.74) is 7.76. The summed E-state index contributed by atoms with van der Waals surface area (Å²) in [5.74, 6) is -0.149. The molecule has 0 saturated carbocycles. The van der Waals surface area contributed by atoms with Crippen molar-refractivity contribution in [1.29, 1.82) is 0 Å². The third kappa shape index (κ3) is 3.56. The van der Waals surface area contributed by atoms with Crippen LogP contribution in [0.4, 0.5) is 0 Å². The molecule has 2 aromatic rings. The SMILES string of the molecule is C[C@H](NC(=O)c1ccnc(CN)c1)c1ccc(Cl)cc1. The first-order valence-corrected chi connectivity index (χ1v) is 6.69. The Morgan fingerprint density at radius 3 is 2.70 bits per heavy atom. The van der Waals surface area contributed by atoms with Gasteiger partial charge in [0, 0.05) is 23.3 Å². The summed E-state index contributed by atoms with van der Waals surface area (Å²) in [6, 6.07) is 10.7. The number of amides is 1. The molecule has 1 amide bonds. The zero-order valence-electron chi connectivity index (χ0n) is 11.1. The Kier molecular flexibility index (Phi) is 4.71. The van der Waals surface area contributed by atoms with Crippen molar-refractivity contribution < 1.29 is 4.79 Å². The van der Waals surface area contributed by atoms with Crippen LogP contribution in [0.5, 0.6) is 0 Å². The Balaban J connectivity index is 2.08. The molecule has 4 nitrogen and oxygen atoms in total. The number of benzene rings is 1. The molecule has 0 saturated heterocycles. The Morgan fingerprint density at radius 1 is 1.35 bits per heavy atom. The summed E-state index contributed by atoms with van der Waals surface area (Å²) < 4.78 is 0. The number of pyridine rings is 1. The highest BCUT2D eigenvalue weighted by Gasteiger charge is 2.11. The molecule has 0 bridgehead atoms. The van der Waals surface area contributed by atoms with E-state index in [0.29, 0.717) is 22.8 Å². The smallest absolute Gasteiger partial charge is 0.251 e. The Morgan fingerprint density at radius 2 is 2.05 bits per heavy atom. The van der Waals surface area contributed by atoms with Gasteiger partial charge in [-0.3, -0.25) is 9.78 Å². The number of nitrogens with two attached hydrogens (primary N) is 1. The van der Waals surface area contributed by atoms with Crippen molar-refractivity contribution in [3.8, 4) is 0 Å². The summed E-state index contributed by atoms with van der Waals surface area (Å²) in [4.78, 5) is 16.2. The number of hydrogen-bond acceptors (Lipinski definition) is 3. The van der Waals surface area contributed by atoms with E-state index in [4.69, 9.17) is 17.3 Å². The molecule has 0 spiro atoms. The zero-order chi connectivity index (χ0) is 14.5. The highest BCUT2D eigenvalue weighted by atomic mass is 35.5. The molecular weight excluding hydrogens is 274 g/mol. The maximum absolute atomic E-state index is 12.2. The highest BCUT2D eigenvalue weighted by Crippen LogP contribution is 2.16. The topological polar surface area (TPSA) is 68.0 Å². The van der Waals surface area contributed by atoms with Crippen molar-refractivity contribution in [2.24, 2.45) is 5.73 Å². The van der Waals surface area contributed by atoms with Gasteiger partial charge in [0.05, 0.1) is 11.7 Å². The largest absolute Gasteiger partial charge is 0.346 e. The first kappa shape index (κ1) is 14.5. The van der Waals surface area contributed by atoms with E-state index in [1.807, 2.05) is 19.1 Å². The molecular formula is C15H16ClN3O. The van der Waals surface area contributed by atoms with Crippen LogP contribution in [0.3, 0.4) is 0 Å². The van der Waals surface area contributed by atoms with Crippen LogP contribution in [0.25, 0.3) is 0 Å². The fourth-order valence-electron chi connectivity index (χ4n) is 1.85. The van der Waals surface area contributed by atoms with Crippen LogP contribution >= 0.6 is 11.6 Å². The molecule has 0 radical (unpaired) electrons. The van der Waals surface area contributed by atoms with Gasteiger partial charge < -0.3 is 11.1 Å². The van der Waals surface area contributed by atoms with E-state index in [9.17, 15) is 4.79 Å². The molecule has 0 unspecified atom stereocenters. The van der Waals surface area contributed by atoms with Gasteiger partial charge in [-0.15, -0.1) is 0 Å². The lowest BCUT2D eigenvalue weighted by Crippen LogP contribution is -2.26. The standard InChI is InChI=1S/C15H16ClN3O/c1-10(11-2-4-13(16)5-3-11)19-15(20)12-6-7-18-14(8-12)9-17/h2-8,10H,9,17H2,1H3,(H,19,20)/t10-/m0/s1. The van der Waals surface area contributed by atoms with Gasteiger partial charge in [0.1, 0.15) is 0 Å². The molecule has 1 aromatic heterocycles. The maximum Gasteiger partial charge on any atom is 0.251 e. The fourth-order valence-corrected chi connectivity index (χ4v) is 1.97. The minimum Gasteiger partial charge on any atom is -0.346 e. The number of rotatable bonds is 4. The minimum atomic E-state index is -0.149. The highest BCUT2D eigenvalue weighted by molar-refractivity contribution is 6.30. The van der Waals surface area contributed by atoms with Crippen LogP contribution < -0.4 is 11.1 Å². The average Bonchev–Trinajstić information content (AvgIpc) is 2.47. The first-order chi connectivity index (χ1) is 9.60. The summed E-state index contributed by atoms with van der Waals surface area (Å²) in [7, 11) is 0. The van der Waals surface area contributed by atoms with Crippen LogP contribution in [-0.2, 0) is 6.54 Å². The Labute approximate surface area is 123 Å². The molecule has 0 aliphatic carbocycles. The second-order valence-electron chi connectivity index (χ2n) is 4.49. The van der Waals surface area contributed by atoms with Crippen LogP contribution in [0.15, 0.2) is 42.6 Å². The molecule has 20 heavy (non-hydrogen) atoms. The van der Waals surface area contributed by atoms with Crippen molar-refractivity contribution in [2.45, 2.75) is 19.5 Å². The second-order valence-corrected chi connectivity index (χ2v) is 4.92. The maximum atomic E-state index is 12.2. The van der Waals surface area contributed by atoms with Crippen molar-refractivity contribution in [1.82, 2.24) is 10.3 Å². The second kappa shape index (κ2) is 6.50. The molecule has 0 aliphatic heterocycles. The van der Waals surface area contributed by atoms with E-state index in [1.165, 1.54) is 0 Å². The summed E-state index contributed by atoms with van der Waals surface area (Å²) in [6.45, 7) is 2.24. The number of nitrogens with zero attached hydrogens (tertiary/aromatic N) is 1. The van der Waals surface area contributed by atoms with Gasteiger partial charge in [0.15, 0.2) is 0 Å². The van der Waals surface area contributed by atoms with Gasteiger partial charge in [-0.2, -0.15) is 0 Å². The van der Waals surface area contributed by atoms with E-state index in [2.05, 4.69) is 10.3 Å². The van der Waals surface area contributed by atoms with Crippen molar-refractivity contribution in [3.05, 3.63) is 64.4 Å². The van der Waals surface area contributed by atoms with Gasteiger partial charge in [0.25, 0.3) is 5.91 Å². The molecule has 104 valence electrons. The zero-order valence-corrected chi connectivity index (χ0v) is 11.9. The number of nitrogens with one attached hydrogen (secondary N) is 1. The number of aromatic nitrogens is 1. The molecule has 0 aliphatic rings. The van der Waals surface area contributed by atoms with E-state index in [-0.39, 0.29) is 11.9 Å².